The molecule has 2 aromatic carbocycles. The van der Waals surface area contributed by atoms with Crippen LogP contribution in [0, 0.1) is 0 Å². The van der Waals surface area contributed by atoms with E-state index in [2.05, 4.69) is 39.7 Å². The van der Waals surface area contributed by atoms with Crippen LogP contribution in [0.25, 0.3) is 0 Å². The van der Waals surface area contributed by atoms with Crippen LogP contribution in [0.5, 0.6) is 0 Å². The molecule has 3 aromatic rings. The van der Waals surface area contributed by atoms with E-state index in [1.54, 1.807) is 12.1 Å². The Bertz CT molecular complexity index is 1020. The van der Waals surface area contributed by atoms with Crippen LogP contribution in [-0.2, 0) is 22.9 Å². The Morgan fingerprint density at radius 2 is 1.57 bits per heavy atom. The average Bonchev–Trinajstić information content (AvgIpc) is 2.69. The van der Waals surface area contributed by atoms with Crippen molar-refractivity contribution in [2.75, 3.05) is 17.2 Å². The molecule has 4 N–H and O–H groups in total. The van der Waals surface area contributed by atoms with E-state index in [1.165, 1.54) is 24.0 Å². The zero-order chi connectivity index (χ0) is 20.0. The molecule has 0 unspecified atom stereocenters. The van der Waals surface area contributed by atoms with E-state index >= 15 is 0 Å². The third-order valence-electron chi connectivity index (χ3n) is 4.27. The molecular formula is C20H23N5O2S. The Hall–Kier alpha value is -2.97. The summed E-state index contributed by atoms with van der Waals surface area (Å²) < 4.78 is 22.6. The molecule has 0 radical (unpaired) electrons. The molecule has 8 heteroatoms. The van der Waals surface area contributed by atoms with Crippen molar-refractivity contribution in [3.8, 4) is 0 Å². The van der Waals surface area contributed by atoms with Crippen LogP contribution in [0.3, 0.4) is 0 Å². The number of nitrogens with one attached hydrogen (secondary N) is 2. The smallest absolute Gasteiger partial charge is 0.238 e. The monoisotopic (exact) mass is 397 g/mol. The van der Waals surface area contributed by atoms with Crippen LogP contribution in [0.2, 0.25) is 0 Å². The maximum atomic E-state index is 11.3. The van der Waals surface area contributed by atoms with Crippen LogP contribution in [0.1, 0.15) is 18.1 Å². The van der Waals surface area contributed by atoms with Gasteiger partial charge < -0.3 is 10.6 Å². The van der Waals surface area contributed by atoms with Crippen molar-refractivity contribution in [2.24, 2.45) is 5.14 Å². The molecular weight excluding hydrogens is 374 g/mol. The van der Waals surface area contributed by atoms with Gasteiger partial charge in [0, 0.05) is 18.3 Å². The lowest BCUT2D eigenvalue weighted by Gasteiger charge is -2.09. The molecule has 1 heterocycles. The van der Waals surface area contributed by atoms with Crippen LogP contribution in [0.15, 0.2) is 65.8 Å². The molecule has 28 heavy (non-hydrogen) atoms. The van der Waals surface area contributed by atoms with Gasteiger partial charge in [-0.05, 0) is 48.2 Å². The predicted molar refractivity (Wildman–Crippen MR) is 111 cm³/mol. The maximum absolute atomic E-state index is 11.3. The van der Waals surface area contributed by atoms with Crippen molar-refractivity contribution in [2.45, 2.75) is 24.7 Å². The number of rotatable bonds is 8. The van der Waals surface area contributed by atoms with Gasteiger partial charge in [0.15, 0.2) is 0 Å². The zero-order valence-electron chi connectivity index (χ0n) is 15.6. The molecule has 0 fully saturated rings. The summed E-state index contributed by atoms with van der Waals surface area (Å²) in [5, 5.41) is 11.6. The van der Waals surface area contributed by atoms with Gasteiger partial charge in [0.05, 0.1) is 4.90 Å². The van der Waals surface area contributed by atoms with Crippen molar-refractivity contribution in [3.63, 3.8) is 0 Å². The van der Waals surface area contributed by atoms with Crippen molar-refractivity contribution < 1.29 is 8.42 Å². The maximum Gasteiger partial charge on any atom is 0.238 e. The number of hydrogen-bond donors (Lipinski definition) is 3. The number of hydrogen-bond acceptors (Lipinski definition) is 6. The molecule has 0 amide bonds. The van der Waals surface area contributed by atoms with Crippen LogP contribution in [0.4, 0.5) is 17.3 Å². The summed E-state index contributed by atoms with van der Waals surface area (Å²) in [4.78, 5) is 8.59. The fourth-order valence-electron chi connectivity index (χ4n) is 2.67. The molecule has 0 spiro atoms. The largest absolute Gasteiger partial charge is 0.370 e. The summed E-state index contributed by atoms with van der Waals surface area (Å²) in [6, 6.07) is 16.6. The topological polar surface area (TPSA) is 110 Å². The summed E-state index contributed by atoms with van der Waals surface area (Å²) >= 11 is 0. The normalized spacial score (nSPS) is 11.2. The highest BCUT2D eigenvalue weighted by Crippen LogP contribution is 2.17. The SMILES string of the molecule is CCc1ccc(Nc2cc(NCCc3ccc(S(N)(=O)=O)cc3)ncn2)cc1. The van der Waals surface area contributed by atoms with E-state index < -0.39 is 10.0 Å². The van der Waals surface area contributed by atoms with Crippen molar-refractivity contribution in [1.29, 1.82) is 0 Å². The van der Waals surface area contributed by atoms with E-state index in [4.69, 9.17) is 5.14 Å². The Kier molecular flexibility index (Phi) is 6.23. The minimum atomic E-state index is -3.66. The molecule has 146 valence electrons. The second-order valence-corrected chi connectivity index (χ2v) is 7.89. The number of sulfonamides is 1. The summed E-state index contributed by atoms with van der Waals surface area (Å²) in [5.41, 5.74) is 3.26. The first-order chi connectivity index (χ1) is 13.4. The van der Waals surface area contributed by atoms with Crippen LogP contribution in [-0.4, -0.2) is 24.9 Å². The lowest BCUT2D eigenvalue weighted by Crippen LogP contribution is -2.12. The minimum Gasteiger partial charge on any atom is -0.370 e. The third kappa shape index (κ3) is 5.51. The van der Waals surface area contributed by atoms with Gasteiger partial charge >= 0.3 is 0 Å². The predicted octanol–water partition coefficient (Wildman–Crippen LogP) is 3.08. The molecule has 0 saturated heterocycles. The van der Waals surface area contributed by atoms with Gasteiger partial charge in [-0.1, -0.05) is 31.2 Å². The lowest BCUT2D eigenvalue weighted by atomic mass is 10.1. The molecule has 1 aromatic heterocycles. The highest BCUT2D eigenvalue weighted by molar-refractivity contribution is 7.89. The molecule has 0 bridgehead atoms. The summed E-state index contributed by atoms with van der Waals surface area (Å²) in [6.45, 7) is 2.77. The Morgan fingerprint density at radius 3 is 2.21 bits per heavy atom. The van der Waals surface area contributed by atoms with E-state index in [0.29, 0.717) is 18.2 Å². The van der Waals surface area contributed by atoms with Gasteiger partial charge in [-0.25, -0.2) is 23.5 Å². The van der Waals surface area contributed by atoms with E-state index in [9.17, 15) is 8.42 Å². The number of nitrogens with zero attached hydrogens (tertiary/aromatic N) is 2. The lowest BCUT2D eigenvalue weighted by molar-refractivity contribution is 0.598. The van der Waals surface area contributed by atoms with Crippen LogP contribution < -0.4 is 15.8 Å². The number of aryl methyl sites for hydroxylation is 1. The Balaban J connectivity index is 1.55. The van der Waals surface area contributed by atoms with Crippen LogP contribution >= 0.6 is 0 Å². The first kappa shape index (κ1) is 19.8. The van der Waals surface area contributed by atoms with E-state index in [1.807, 2.05) is 18.2 Å². The zero-order valence-corrected chi connectivity index (χ0v) is 16.4. The Morgan fingerprint density at radius 1 is 0.929 bits per heavy atom. The molecule has 0 aliphatic heterocycles. The quantitative estimate of drug-likeness (QED) is 0.539. The fraction of sp³-hybridized carbons (Fsp3) is 0.200. The summed E-state index contributed by atoms with van der Waals surface area (Å²) in [5.74, 6) is 1.42. The van der Waals surface area contributed by atoms with Crippen molar-refractivity contribution in [3.05, 3.63) is 72.1 Å². The standard InChI is InChI=1S/C20H23N5O2S/c1-2-15-3-7-17(8-4-15)25-20-13-19(23-14-24-20)22-12-11-16-5-9-18(10-6-16)28(21,26)27/h3-10,13-14H,2,11-12H2,1H3,(H2,21,26,27)(H2,22,23,24,25). The number of primary sulfonamides is 1. The number of nitrogens with two attached hydrogens (primary N) is 1. The average molecular weight is 398 g/mol. The number of aromatic nitrogens is 2. The molecule has 0 atom stereocenters. The van der Waals surface area contributed by atoms with Gasteiger partial charge in [-0.15, -0.1) is 0 Å². The van der Waals surface area contributed by atoms with Gasteiger partial charge in [0.2, 0.25) is 10.0 Å². The molecule has 0 aliphatic carbocycles. The van der Waals surface area contributed by atoms with Crippen molar-refractivity contribution in [1.82, 2.24) is 9.97 Å². The first-order valence-electron chi connectivity index (χ1n) is 8.97. The van der Waals surface area contributed by atoms with Gasteiger partial charge in [-0.3, -0.25) is 0 Å². The van der Waals surface area contributed by atoms with Gasteiger partial charge in [-0.2, -0.15) is 0 Å². The first-order valence-corrected chi connectivity index (χ1v) is 10.5. The Labute approximate surface area is 165 Å². The highest BCUT2D eigenvalue weighted by atomic mass is 32.2. The minimum absolute atomic E-state index is 0.114. The highest BCUT2D eigenvalue weighted by Gasteiger charge is 2.06. The third-order valence-corrected chi connectivity index (χ3v) is 5.20. The second-order valence-electron chi connectivity index (χ2n) is 6.33. The van der Waals surface area contributed by atoms with E-state index in [0.717, 1.165) is 24.1 Å². The summed E-state index contributed by atoms with van der Waals surface area (Å²) in [7, 11) is -3.66. The molecule has 0 aliphatic rings. The van der Waals surface area contributed by atoms with E-state index in [-0.39, 0.29) is 4.90 Å². The fourth-order valence-corrected chi connectivity index (χ4v) is 3.19. The van der Waals surface area contributed by atoms with Crippen molar-refractivity contribution >= 4 is 27.3 Å². The summed E-state index contributed by atoms with van der Waals surface area (Å²) in [6.07, 6.45) is 3.23. The molecule has 3 rings (SSSR count). The number of benzene rings is 2. The molecule has 0 saturated carbocycles. The van der Waals surface area contributed by atoms with Gasteiger partial charge in [0.25, 0.3) is 0 Å². The number of anilines is 3. The molecule has 7 nitrogen and oxygen atoms in total. The second kappa shape index (κ2) is 8.81. The van der Waals surface area contributed by atoms with Gasteiger partial charge in [0.1, 0.15) is 18.0 Å².